The van der Waals surface area contributed by atoms with Gasteiger partial charge in [0.2, 0.25) is 5.91 Å². The smallest absolute Gasteiger partial charge is 0.248 e. The first-order valence-corrected chi connectivity index (χ1v) is 3.88. The molecule has 1 fully saturated rings. The van der Waals surface area contributed by atoms with Crippen LogP contribution in [0.4, 0.5) is 0 Å². The Kier molecular flexibility index (Phi) is 2.84. The van der Waals surface area contributed by atoms with Crippen LogP contribution in [0.15, 0.2) is 0 Å². The van der Waals surface area contributed by atoms with Gasteiger partial charge in [0.1, 0.15) is 0 Å². The van der Waals surface area contributed by atoms with Gasteiger partial charge in [-0.15, -0.1) is 0 Å². The van der Waals surface area contributed by atoms with E-state index in [0.29, 0.717) is 18.1 Å². The zero-order valence-corrected chi connectivity index (χ0v) is 6.62. The lowest BCUT2D eigenvalue weighted by Gasteiger charge is -2.29. The van der Waals surface area contributed by atoms with Crippen molar-refractivity contribution in [3.05, 3.63) is 0 Å². The Bertz CT molecular complexity index is 147. The SMILES string of the molecule is CCOC1CCCC(=O)N1O. The second kappa shape index (κ2) is 3.69. The van der Waals surface area contributed by atoms with Crippen molar-refractivity contribution < 1.29 is 14.7 Å². The number of nitrogens with zero attached hydrogens (tertiary/aromatic N) is 1. The van der Waals surface area contributed by atoms with Crippen LogP contribution in [0.3, 0.4) is 0 Å². The molecular formula is C7H13NO3. The molecule has 1 N–H and O–H groups in total. The third kappa shape index (κ3) is 1.91. The first kappa shape index (κ1) is 8.49. The number of piperidine rings is 1. The van der Waals surface area contributed by atoms with Gasteiger partial charge in [0.05, 0.1) is 0 Å². The predicted octanol–water partition coefficient (Wildman–Crippen LogP) is 0.751. The molecule has 0 aromatic heterocycles. The Hall–Kier alpha value is -0.610. The Morgan fingerprint density at radius 2 is 2.55 bits per heavy atom. The van der Waals surface area contributed by atoms with Gasteiger partial charge in [0.15, 0.2) is 6.23 Å². The highest BCUT2D eigenvalue weighted by atomic mass is 16.6. The maximum Gasteiger partial charge on any atom is 0.248 e. The van der Waals surface area contributed by atoms with Crippen LogP contribution in [0, 0.1) is 0 Å². The molecule has 64 valence electrons. The minimum absolute atomic E-state index is 0.241. The van der Waals surface area contributed by atoms with Crippen LogP contribution >= 0.6 is 0 Å². The molecule has 4 nitrogen and oxygen atoms in total. The van der Waals surface area contributed by atoms with E-state index >= 15 is 0 Å². The summed E-state index contributed by atoms with van der Waals surface area (Å²) in [6.45, 7) is 2.36. The van der Waals surface area contributed by atoms with E-state index in [0.717, 1.165) is 12.8 Å². The highest BCUT2D eigenvalue weighted by molar-refractivity contribution is 5.75. The largest absolute Gasteiger partial charge is 0.356 e. The topological polar surface area (TPSA) is 49.8 Å². The van der Waals surface area contributed by atoms with Crippen molar-refractivity contribution in [1.82, 2.24) is 5.06 Å². The van der Waals surface area contributed by atoms with Gasteiger partial charge < -0.3 is 4.74 Å². The van der Waals surface area contributed by atoms with Crippen molar-refractivity contribution in [1.29, 1.82) is 0 Å². The third-order valence-corrected chi connectivity index (χ3v) is 1.73. The van der Waals surface area contributed by atoms with Crippen molar-refractivity contribution in [3.8, 4) is 0 Å². The molecule has 11 heavy (non-hydrogen) atoms. The summed E-state index contributed by atoms with van der Waals surface area (Å²) in [6.07, 6.45) is 1.55. The zero-order valence-electron chi connectivity index (χ0n) is 6.62. The summed E-state index contributed by atoms with van der Waals surface area (Å²) in [5, 5.41) is 9.83. The van der Waals surface area contributed by atoms with Crippen LogP contribution in [0.5, 0.6) is 0 Å². The molecule has 1 amide bonds. The predicted molar refractivity (Wildman–Crippen MR) is 37.9 cm³/mol. The fraction of sp³-hybridized carbons (Fsp3) is 0.857. The fourth-order valence-corrected chi connectivity index (χ4v) is 1.17. The van der Waals surface area contributed by atoms with Gasteiger partial charge in [-0.05, 0) is 19.8 Å². The number of hydrogen-bond acceptors (Lipinski definition) is 3. The second-order valence-corrected chi connectivity index (χ2v) is 2.54. The minimum atomic E-state index is -0.416. The Balaban J connectivity index is 2.44. The summed E-state index contributed by atoms with van der Waals surface area (Å²) in [5.74, 6) is -0.241. The fourth-order valence-electron chi connectivity index (χ4n) is 1.17. The summed E-state index contributed by atoms with van der Waals surface area (Å²) in [5.41, 5.74) is 0. The molecule has 1 aliphatic rings. The van der Waals surface area contributed by atoms with Gasteiger partial charge >= 0.3 is 0 Å². The van der Waals surface area contributed by atoms with Crippen LogP contribution in [0.2, 0.25) is 0 Å². The lowest BCUT2D eigenvalue weighted by atomic mass is 10.1. The van der Waals surface area contributed by atoms with E-state index in [1.165, 1.54) is 0 Å². The van der Waals surface area contributed by atoms with Crippen LogP contribution in [0.1, 0.15) is 26.2 Å². The molecule has 1 heterocycles. The highest BCUT2D eigenvalue weighted by Crippen LogP contribution is 2.16. The van der Waals surface area contributed by atoms with E-state index in [4.69, 9.17) is 9.94 Å². The van der Waals surface area contributed by atoms with Gasteiger partial charge in [-0.25, -0.2) is 0 Å². The Morgan fingerprint density at radius 3 is 3.18 bits per heavy atom. The van der Waals surface area contributed by atoms with Crippen molar-refractivity contribution in [2.75, 3.05) is 6.61 Å². The molecule has 1 atom stereocenters. The monoisotopic (exact) mass is 159 g/mol. The molecule has 4 heteroatoms. The molecule has 1 unspecified atom stereocenters. The lowest BCUT2D eigenvalue weighted by molar-refractivity contribution is -0.226. The van der Waals surface area contributed by atoms with Crippen LogP contribution < -0.4 is 0 Å². The highest BCUT2D eigenvalue weighted by Gasteiger charge is 2.26. The van der Waals surface area contributed by atoms with Gasteiger partial charge in [-0.1, -0.05) is 0 Å². The lowest BCUT2D eigenvalue weighted by Crippen LogP contribution is -2.42. The van der Waals surface area contributed by atoms with Crippen LogP contribution in [0.25, 0.3) is 0 Å². The number of ether oxygens (including phenoxy) is 1. The summed E-state index contributed by atoms with van der Waals surface area (Å²) in [7, 11) is 0. The molecule has 0 spiro atoms. The summed E-state index contributed by atoms with van der Waals surface area (Å²) >= 11 is 0. The number of rotatable bonds is 2. The van der Waals surface area contributed by atoms with Crippen molar-refractivity contribution in [2.24, 2.45) is 0 Å². The van der Waals surface area contributed by atoms with E-state index in [1.807, 2.05) is 6.92 Å². The average Bonchev–Trinajstić information content (AvgIpc) is 1.99. The third-order valence-electron chi connectivity index (χ3n) is 1.73. The number of carbonyl (C=O) groups excluding carboxylic acids is 1. The van der Waals surface area contributed by atoms with E-state index in [-0.39, 0.29) is 5.91 Å². The Morgan fingerprint density at radius 1 is 1.82 bits per heavy atom. The average molecular weight is 159 g/mol. The molecule has 1 saturated heterocycles. The standard InChI is InChI=1S/C7H13NO3/c1-2-11-7-5-3-4-6(9)8(7)10/h7,10H,2-5H2,1H3. The number of hydroxylamine groups is 2. The van der Waals surface area contributed by atoms with Crippen molar-refractivity contribution in [2.45, 2.75) is 32.4 Å². The second-order valence-electron chi connectivity index (χ2n) is 2.54. The molecule has 0 aliphatic carbocycles. The van der Waals surface area contributed by atoms with Gasteiger partial charge in [0.25, 0.3) is 0 Å². The molecule has 0 aromatic carbocycles. The van der Waals surface area contributed by atoms with E-state index in [2.05, 4.69) is 0 Å². The minimum Gasteiger partial charge on any atom is -0.356 e. The number of hydrogen-bond donors (Lipinski definition) is 1. The summed E-state index contributed by atoms with van der Waals surface area (Å²) in [6, 6.07) is 0. The molecule has 0 bridgehead atoms. The first-order chi connectivity index (χ1) is 5.25. The number of amides is 1. The van der Waals surface area contributed by atoms with Gasteiger partial charge in [0, 0.05) is 13.0 Å². The quantitative estimate of drug-likeness (QED) is 0.605. The maximum atomic E-state index is 10.9. The summed E-state index contributed by atoms with van der Waals surface area (Å²) in [4.78, 5) is 10.9. The molecule has 1 aliphatic heterocycles. The van der Waals surface area contributed by atoms with Crippen molar-refractivity contribution >= 4 is 5.91 Å². The molecule has 0 radical (unpaired) electrons. The van der Waals surface area contributed by atoms with E-state index in [1.54, 1.807) is 0 Å². The van der Waals surface area contributed by atoms with E-state index in [9.17, 15) is 4.79 Å². The number of carbonyl (C=O) groups is 1. The maximum absolute atomic E-state index is 10.9. The zero-order chi connectivity index (χ0) is 8.27. The van der Waals surface area contributed by atoms with Crippen LogP contribution in [-0.2, 0) is 9.53 Å². The van der Waals surface area contributed by atoms with Gasteiger partial charge in [-0.3, -0.25) is 10.0 Å². The summed E-state index contributed by atoms with van der Waals surface area (Å²) < 4.78 is 5.12. The van der Waals surface area contributed by atoms with E-state index < -0.39 is 6.23 Å². The normalized spacial score (nSPS) is 25.8. The molecule has 0 saturated carbocycles. The first-order valence-electron chi connectivity index (χ1n) is 3.88. The van der Waals surface area contributed by atoms with Gasteiger partial charge in [-0.2, -0.15) is 5.06 Å². The molecule has 0 aromatic rings. The van der Waals surface area contributed by atoms with Crippen LogP contribution in [-0.4, -0.2) is 29.0 Å². The molecular weight excluding hydrogens is 146 g/mol. The van der Waals surface area contributed by atoms with Crippen molar-refractivity contribution in [3.63, 3.8) is 0 Å². The molecule has 1 rings (SSSR count). The Labute approximate surface area is 65.7 Å².